The zero-order valence-corrected chi connectivity index (χ0v) is 15.8. The van der Waals surface area contributed by atoms with E-state index in [9.17, 15) is 26.3 Å². The number of aryl methyl sites for hydroxylation is 2. The summed E-state index contributed by atoms with van der Waals surface area (Å²) < 4.78 is 86.3. The smallest absolute Gasteiger partial charge is 0.471 e. The van der Waals surface area contributed by atoms with Gasteiger partial charge in [-0.3, -0.25) is 5.10 Å². The minimum Gasteiger partial charge on any atom is -0.492 e. The molecule has 7 nitrogen and oxygen atoms in total. The molecule has 30 heavy (non-hydrogen) atoms. The van der Waals surface area contributed by atoms with Gasteiger partial charge in [0, 0.05) is 5.92 Å². The van der Waals surface area contributed by atoms with Crippen LogP contribution in [0, 0.1) is 13.8 Å². The highest BCUT2D eigenvalue weighted by molar-refractivity contribution is 5.67. The number of hydrogen-bond donors (Lipinski definition) is 1. The Balaban J connectivity index is 1.86. The third-order valence-electron chi connectivity index (χ3n) is 4.03. The number of aromatic nitrogens is 5. The first-order chi connectivity index (χ1) is 13.9. The van der Waals surface area contributed by atoms with Crippen molar-refractivity contribution in [2.75, 3.05) is 6.61 Å². The average molecular weight is 435 g/mol. The summed E-state index contributed by atoms with van der Waals surface area (Å²) in [4.78, 5) is 6.78. The number of ether oxygens (including phenoxy) is 1. The first-order valence-electron chi connectivity index (χ1n) is 8.51. The van der Waals surface area contributed by atoms with Gasteiger partial charge in [0.15, 0.2) is 0 Å². The van der Waals surface area contributed by atoms with E-state index < -0.39 is 30.0 Å². The van der Waals surface area contributed by atoms with Crippen LogP contribution in [0.1, 0.15) is 41.5 Å². The summed E-state index contributed by atoms with van der Waals surface area (Å²) >= 11 is 0. The van der Waals surface area contributed by atoms with Crippen LogP contribution < -0.4 is 4.74 Å². The molecule has 0 aliphatic heterocycles. The van der Waals surface area contributed by atoms with Gasteiger partial charge in [0.2, 0.25) is 5.82 Å². The quantitative estimate of drug-likeness (QED) is 0.585. The lowest BCUT2D eigenvalue weighted by Gasteiger charge is -2.16. The molecule has 1 N–H and O–H groups in total. The van der Waals surface area contributed by atoms with Crippen LogP contribution in [-0.2, 0) is 12.4 Å². The summed E-state index contributed by atoms with van der Waals surface area (Å²) in [6, 6.07) is 3.25. The van der Waals surface area contributed by atoms with Crippen molar-refractivity contribution < 1.29 is 35.6 Å². The number of halogens is 6. The fourth-order valence-corrected chi connectivity index (χ4v) is 2.67. The van der Waals surface area contributed by atoms with E-state index in [0.29, 0.717) is 11.1 Å². The van der Waals surface area contributed by atoms with Crippen LogP contribution in [0.3, 0.4) is 0 Å². The molecule has 2 heterocycles. The van der Waals surface area contributed by atoms with Gasteiger partial charge in [-0.05, 0) is 31.0 Å². The molecule has 1 unspecified atom stereocenters. The van der Waals surface area contributed by atoms with Gasteiger partial charge in [-0.15, -0.1) is 5.10 Å². The third-order valence-corrected chi connectivity index (χ3v) is 4.03. The molecular formula is C17H15F6N5O2. The van der Waals surface area contributed by atoms with Crippen LogP contribution in [0.4, 0.5) is 26.3 Å². The van der Waals surface area contributed by atoms with Gasteiger partial charge in [-0.1, -0.05) is 18.1 Å². The molecule has 3 rings (SSSR count). The third kappa shape index (κ3) is 4.54. The van der Waals surface area contributed by atoms with E-state index in [1.54, 1.807) is 26.8 Å². The van der Waals surface area contributed by atoms with Crippen molar-refractivity contribution >= 4 is 0 Å². The van der Waals surface area contributed by atoms with Crippen molar-refractivity contribution in [2.45, 2.75) is 39.0 Å². The fraction of sp³-hybridized carbons (Fsp3) is 0.412. The largest absolute Gasteiger partial charge is 0.492 e. The zero-order chi connectivity index (χ0) is 22.3. The van der Waals surface area contributed by atoms with Crippen LogP contribution in [-0.4, -0.2) is 31.9 Å². The summed E-state index contributed by atoms with van der Waals surface area (Å²) in [6.07, 6.45) is -9.49. The molecule has 1 aromatic carbocycles. The van der Waals surface area contributed by atoms with Crippen molar-refractivity contribution in [3.05, 3.63) is 40.8 Å². The lowest BCUT2D eigenvalue weighted by molar-refractivity contribution is -0.159. The Labute approximate surface area is 165 Å². The van der Waals surface area contributed by atoms with E-state index in [1.807, 2.05) is 0 Å². The van der Waals surface area contributed by atoms with E-state index in [-0.39, 0.29) is 29.6 Å². The van der Waals surface area contributed by atoms with Gasteiger partial charge >= 0.3 is 18.2 Å². The van der Waals surface area contributed by atoms with E-state index in [1.165, 1.54) is 6.07 Å². The maximum Gasteiger partial charge on any atom is 0.471 e. The van der Waals surface area contributed by atoms with E-state index in [0.717, 1.165) is 0 Å². The van der Waals surface area contributed by atoms with E-state index in [4.69, 9.17) is 4.74 Å². The van der Waals surface area contributed by atoms with Gasteiger partial charge in [-0.25, -0.2) is 4.98 Å². The number of alkyl halides is 6. The predicted octanol–water partition coefficient (Wildman–Crippen LogP) is 4.69. The Kier molecular flexibility index (Phi) is 5.48. The van der Waals surface area contributed by atoms with Crippen molar-refractivity contribution in [3.63, 3.8) is 0 Å². The van der Waals surface area contributed by atoms with Gasteiger partial charge in [0.05, 0.1) is 12.2 Å². The molecule has 162 valence electrons. The number of nitrogens with zero attached hydrogens (tertiary/aromatic N) is 4. The van der Waals surface area contributed by atoms with Crippen molar-refractivity contribution in [1.29, 1.82) is 0 Å². The molecule has 0 aliphatic carbocycles. The molecule has 0 spiro atoms. The first-order valence-corrected chi connectivity index (χ1v) is 8.51. The van der Waals surface area contributed by atoms with Crippen molar-refractivity contribution in [1.82, 2.24) is 25.3 Å². The van der Waals surface area contributed by atoms with Crippen LogP contribution in [0.25, 0.3) is 11.4 Å². The Morgan fingerprint density at radius 2 is 1.77 bits per heavy atom. The van der Waals surface area contributed by atoms with Gasteiger partial charge < -0.3 is 9.26 Å². The fourth-order valence-electron chi connectivity index (χ4n) is 2.67. The molecule has 0 bridgehead atoms. The molecule has 1 atom stereocenters. The summed E-state index contributed by atoms with van der Waals surface area (Å²) in [5.74, 6) is -3.63. The molecule has 2 aromatic heterocycles. The lowest BCUT2D eigenvalue weighted by atomic mass is 10.0. The van der Waals surface area contributed by atoms with Crippen LogP contribution in [0.15, 0.2) is 16.7 Å². The Morgan fingerprint density at radius 3 is 2.33 bits per heavy atom. The van der Waals surface area contributed by atoms with E-state index in [2.05, 4.69) is 29.8 Å². The van der Waals surface area contributed by atoms with Gasteiger partial charge in [0.25, 0.3) is 5.82 Å². The molecule has 0 radical (unpaired) electrons. The number of rotatable bonds is 5. The van der Waals surface area contributed by atoms with Gasteiger partial charge in [-0.2, -0.15) is 31.3 Å². The van der Waals surface area contributed by atoms with Crippen LogP contribution in [0.5, 0.6) is 5.75 Å². The number of aromatic amines is 1. The molecular weight excluding hydrogens is 420 g/mol. The summed E-state index contributed by atoms with van der Waals surface area (Å²) in [7, 11) is 0. The molecule has 0 saturated carbocycles. The van der Waals surface area contributed by atoms with E-state index >= 15 is 0 Å². The minimum atomic E-state index is -4.80. The second-order valence-corrected chi connectivity index (χ2v) is 6.63. The number of benzene rings is 1. The van der Waals surface area contributed by atoms with Gasteiger partial charge in [0.1, 0.15) is 11.6 Å². The lowest BCUT2D eigenvalue weighted by Crippen LogP contribution is -2.11. The number of nitrogens with one attached hydrogen (secondary N) is 1. The normalized spacial score (nSPS) is 13.5. The highest BCUT2D eigenvalue weighted by Gasteiger charge is 2.39. The zero-order valence-electron chi connectivity index (χ0n) is 15.8. The average Bonchev–Trinajstić information content (AvgIpc) is 3.29. The SMILES string of the molecule is Cc1cc(C)c(OCC(C)c2nc(C(F)(F)F)n[nH]2)c(-c2noc(C(F)(F)F)n2)c1. The molecule has 0 aliphatic rings. The second-order valence-electron chi connectivity index (χ2n) is 6.63. The number of hydrogen-bond acceptors (Lipinski definition) is 6. The minimum absolute atomic E-state index is 0.0486. The highest BCUT2D eigenvalue weighted by atomic mass is 19.4. The molecule has 0 saturated heterocycles. The molecule has 0 amide bonds. The first kappa shape index (κ1) is 21.6. The van der Waals surface area contributed by atoms with Crippen molar-refractivity contribution in [3.8, 4) is 17.1 Å². The Bertz CT molecular complexity index is 1040. The standard InChI is InChI=1S/C17H15F6N5O2/c1-7-4-8(2)11(10(5-7)13-25-15(30-28-13)17(21,22)23)29-6-9(3)12-24-14(27-26-12)16(18,19)20/h4-5,9H,6H2,1-3H3,(H,24,26,27). The summed E-state index contributed by atoms with van der Waals surface area (Å²) in [5, 5.41) is 8.71. The van der Waals surface area contributed by atoms with Crippen LogP contribution >= 0.6 is 0 Å². The Hall–Kier alpha value is -3.12. The number of H-pyrrole nitrogens is 1. The topological polar surface area (TPSA) is 89.7 Å². The maximum absolute atomic E-state index is 12.8. The monoisotopic (exact) mass is 435 g/mol. The molecule has 13 heteroatoms. The molecule has 0 fully saturated rings. The van der Waals surface area contributed by atoms with Crippen molar-refractivity contribution in [2.24, 2.45) is 0 Å². The van der Waals surface area contributed by atoms with Crippen LogP contribution in [0.2, 0.25) is 0 Å². The Morgan fingerprint density at radius 1 is 1.07 bits per heavy atom. The predicted molar refractivity (Wildman–Crippen MR) is 89.5 cm³/mol. The second kappa shape index (κ2) is 7.61. The molecule has 3 aromatic rings. The summed E-state index contributed by atoms with van der Waals surface area (Å²) in [6.45, 7) is 4.81. The highest BCUT2D eigenvalue weighted by Crippen LogP contribution is 2.36. The maximum atomic E-state index is 12.8. The summed E-state index contributed by atoms with van der Waals surface area (Å²) in [5.41, 5.74) is 1.45.